The highest BCUT2D eigenvalue weighted by atomic mass is 32.2. The largest absolute Gasteiger partial charge is 0.478 e. The minimum Gasteiger partial charge on any atom is -0.478 e. The van der Waals surface area contributed by atoms with Crippen LogP contribution in [0.4, 0.5) is 5.69 Å². The van der Waals surface area contributed by atoms with Crippen LogP contribution in [0.25, 0.3) is 0 Å². The number of aromatic nitrogens is 1. The maximum atomic E-state index is 10.9. The summed E-state index contributed by atoms with van der Waals surface area (Å²) >= 11 is 1.35. The molecule has 0 saturated carbocycles. The fourth-order valence-electron chi connectivity index (χ4n) is 1.28. The number of nitrogen functional groups attached to an aromatic ring is 1. The monoisotopic (exact) mass is 246 g/mol. The van der Waals surface area contributed by atoms with Crippen LogP contribution >= 0.6 is 11.8 Å². The summed E-state index contributed by atoms with van der Waals surface area (Å²) in [6.07, 6.45) is 1.68. The molecule has 2 rings (SSSR count). The Bertz CT molecular complexity index is 543. The lowest BCUT2D eigenvalue weighted by molar-refractivity contribution is 0.0696. The Hall–Kier alpha value is -2.01. The zero-order chi connectivity index (χ0) is 12.3. The number of anilines is 1. The zero-order valence-electron chi connectivity index (χ0n) is 8.83. The number of nitrogens with two attached hydrogens (primary N) is 1. The lowest BCUT2D eigenvalue weighted by Gasteiger charge is -2.05. The first kappa shape index (κ1) is 11.5. The second kappa shape index (κ2) is 4.88. The highest BCUT2D eigenvalue weighted by Crippen LogP contribution is 2.31. The summed E-state index contributed by atoms with van der Waals surface area (Å²) in [6, 6.07) is 10.2. The van der Waals surface area contributed by atoms with Crippen LogP contribution in [0.1, 0.15) is 10.4 Å². The van der Waals surface area contributed by atoms with Crippen molar-refractivity contribution in [3.8, 4) is 0 Å². The number of benzene rings is 1. The van der Waals surface area contributed by atoms with Gasteiger partial charge in [-0.2, -0.15) is 0 Å². The van der Waals surface area contributed by atoms with Gasteiger partial charge in [0, 0.05) is 16.8 Å². The summed E-state index contributed by atoms with van der Waals surface area (Å²) in [5.41, 5.74) is 6.56. The van der Waals surface area contributed by atoms with Gasteiger partial charge in [0.15, 0.2) is 0 Å². The molecule has 0 saturated heterocycles. The summed E-state index contributed by atoms with van der Waals surface area (Å²) < 4.78 is 0. The van der Waals surface area contributed by atoms with Gasteiger partial charge >= 0.3 is 5.97 Å². The van der Waals surface area contributed by atoms with Crippen molar-refractivity contribution >= 4 is 23.4 Å². The van der Waals surface area contributed by atoms with Gasteiger partial charge in [-0.25, -0.2) is 9.78 Å². The van der Waals surface area contributed by atoms with Crippen LogP contribution in [-0.4, -0.2) is 16.1 Å². The standard InChI is InChI=1S/C12H10N2O2S/c13-9-5-4-8(12(15)16)7-10(9)17-11-3-1-2-6-14-11/h1-7H,13H2,(H,15,16). The first-order valence-electron chi connectivity index (χ1n) is 4.88. The molecule has 0 atom stereocenters. The first-order valence-corrected chi connectivity index (χ1v) is 5.70. The molecule has 1 heterocycles. The van der Waals surface area contributed by atoms with E-state index in [9.17, 15) is 4.79 Å². The van der Waals surface area contributed by atoms with E-state index in [4.69, 9.17) is 10.8 Å². The normalized spacial score (nSPS) is 10.1. The SMILES string of the molecule is Nc1ccc(C(=O)O)cc1Sc1ccccn1. The molecule has 0 spiro atoms. The molecular weight excluding hydrogens is 236 g/mol. The molecule has 0 aliphatic carbocycles. The fourth-order valence-corrected chi connectivity index (χ4v) is 2.13. The third-order valence-corrected chi connectivity index (χ3v) is 3.14. The first-order chi connectivity index (χ1) is 8.16. The van der Waals surface area contributed by atoms with E-state index in [0.717, 1.165) is 5.03 Å². The number of pyridine rings is 1. The van der Waals surface area contributed by atoms with E-state index in [0.29, 0.717) is 10.6 Å². The predicted octanol–water partition coefficient (Wildman–Crippen LogP) is 2.51. The molecule has 2 aromatic rings. The van der Waals surface area contributed by atoms with Crippen molar-refractivity contribution in [3.63, 3.8) is 0 Å². The quantitative estimate of drug-likeness (QED) is 0.814. The van der Waals surface area contributed by atoms with Crippen LogP contribution in [0, 0.1) is 0 Å². The number of nitrogens with zero attached hydrogens (tertiary/aromatic N) is 1. The van der Waals surface area contributed by atoms with E-state index in [2.05, 4.69) is 4.98 Å². The number of aromatic carboxylic acids is 1. The Balaban J connectivity index is 2.32. The Morgan fingerprint density at radius 2 is 2.12 bits per heavy atom. The summed E-state index contributed by atoms with van der Waals surface area (Å²) in [4.78, 5) is 15.7. The van der Waals surface area contributed by atoms with Crippen molar-refractivity contribution in [1.29, 1.82) is 0 Å². The highest BCUT2D eigenvalue weighted by Gasteiger charge is 2.08. The lowest BCUT2D eigenvalue weighted by atomic mass is 10.2. The van der Waals surface area contributed by atoms with Crippen LogP contribution in [0.5, 0.6) is 0 Å². The van der Waals surface area contributed by atoms with Crippen LogP contribution in [0.3, 0.4) is 0 Å². The van der Waals surface area contributed by atoms with Gasteiger partial charge in [-0.15, -0.1) is 0 Å². The van der Waals surface area contributed by atoms with E-state index in [1.165, 1.54) is 17.8 Å². The summed E-state index contributed by atoms with van der Waals surface area (Å²) in [5.74, 6) is -0.965. The van der Waals surface area contributed by atoms with Gasteiger partial charge in [0.05, 0.1) is 5.56 Å². The number of hydrogen-bond donors (Lipinski definition) is 2. The number of carboxylic acids is 1. The van der Waals surface area contributed by atoms with E-state index in [1.807, 2.05) is 18.2 Å². The topological polar surface area (TPSA) is 76.2 Å². The number of carboxylic acid groups (broad SMARTS) is 1. The molecule has 1 aromatic heterocycles. The smallest absolute Gasteiger partial charge is 0.335 e. The maximum absolute atomic E-state index is 10.9. The molecule has 5 heteroatoms. The molecule has 0 aliphatic heterocycles. The van der Waals surface area contributed by atoms with Crippen LogP contribution in [0.15, 0.2) is 52.5 Å². The van der Waals surface area contributed by atoms with Gasteiger partial charge in [0.2, 0.25) is 0 Å². The van der Waals surface area contributed by atoms with Gasteiger partial charge in [-0.3, -0.25) is 0 Å². The van der Waals surface area contributed by atoms with Gasteiger partial charge < -0.3 is 10.8 Å². The van der Waals surface area contributed by atoms with E-state index in [1.54, 1.807) is 18.3 Å². The molecule has 0 bridgehead atoms. The molecule has 0 fully saturated rings. The molecule has 0 radical (unpaired) electrons. The summed E-state index contributed by atoms with van der Waals surface area (Å²) in [6.45, 7) is 0. The predicted molar refractivity (Wildman–Crippen MR) is 66.2 cm³/mol. The molecule has 0 aliphatic rings. The minimum absolute atomic E-state index is 0.220. The second-order valence-electron chi connectivity index (χ2n) is 3.33. The molecule has 86 valence electrons. The fraction of sp³-hybridized carbons (Fsp3) is 0. The zero-order valence-corrected chi connectivity index (χ0v) is 9.65. The lowest BCUT2D eigenvalue weighted by Crippen LogP contribution is -1.98. The minimum atomic E-state index is -0.965. The third kappa shape index (κ3) is 2.76. The summed E-state index contributed by atoms with van der Waals surface area (Å²) in [7, 11) is 0. The molecule has 0 amide bonds. The van der Waals surface area contributed by atoms with Gasteiger partial charge in [0.1, 0.15) is 5.03 Å². The number of rotatable bonds is 3. The molecule has 4 nitrogen and oxygen atoms in total. The maximum Gasteiger partial charge on any atom is 0.335 e. The molecule has 1 aromatic carbocycles. The van der Waals surface area contributed by atoms with Crippen molar-refractivity contribution < 1.29 is 9.90 Å². The van der Waals surface area contributed by atoms with Crippen molar-refractivity contribution in [2.24, 2.45) is 0 Å². The van der Waals surface area contributed by atoms with E-state index < -0.39 is 5.97 Å². The molecule has 3 N–H and O–H groups in total. The average Bonchev–Trinajstić information content (AvgIpc) is 2.33. The van der Waals surface area contributed by atoms with Crippen molar-refractivity contribution in [3.05, 3.63) is 48.2 Å². The van der Waals surface area contributed by atoms with Crippen molar-refractivity contribution in [1.82, 2.24) is 4.98 Å². The Morgan fingerprint density at radius 3 is 2.76 bits per heavy atom. The molecule has 17 heavy (non-hydrogen) atoms. The van der Waals surface area contributed by atoms with E-state index in [-0.39, 0.29) is 5.56 Å². The van der Waals surface area contributed by atoms with Crippen LogP contribution in [0.2, 0.25) is 0 Å². The Labute approximate surface area is 102 Å². The van der Waals surface area contributed by atoms with Gasteiger partial charge in [-0.05, 0) is 30.3 Å². The van der Waals surface area contributed by atoms with Crippen molar-refractivity contribution in [2.45, 2.75) is 9.92 Å². The van der Waals surface area contributed by atoms with Crippen LogP contribution in [-0.2, 0) is 0 Å². The summed E-state index contributed by atoms with van der Waals surface area (Å²) in [5, 5.41) is 9.68. The van der Waals surface area contributed by atoms with Crippen molar-refractivity contribution in [2.75, 3.05) is 5.73 Å². The number of hydrogen-bond acceptors (Lipinski definition) is 4. The second-order valence-corrected chi connectivity index (χ2v) is 4.39. The average molecular weight is 246 g/mol. The van der Waals surface area contributed by atoms with Crippen LogP contribution < -0.4 is 5.73 Å². The highest BCUT2D eigenvalue weighted by molar-refractivity contribution is 7.99. The Morgan fingerprint density at radius 1 is 1.29 bits per heavy atom. The van der Waals surface area contributed by atoms with Gasteiger partial charge in [0.25, 0.3) is 0 Å². The van der Waals surface area contributed by atoms with E-state index >= 15 is 0 Å². The van der Waals surface area contributed by atoms with Gasteiger partial charge in [-0.1, -0.05) is 17.8 Å². The molecular formula is C12H10N2O2S. The molecule has 0 unspecified atom stereocenters. The Kier molecular flexibility index (Phi) is 3.30. The number of carbonyl (C=O) groups is 1. The third-order valence-electron chi connectivity index (χ3n) is 2.11.